The second-order valence-electron chi connectivity index (χ2n) is 3.28. The summed E-state index contributed by atoms with van der Waals surface area (Å²) in [5, 5.41) is 11.3. The minimum absolute atomic E-state index is 0.533. The molecule has 1 atom stereocenters. The molecule has 0 saturated heterocycles. The first-order chi connectivity index (χ1) is 7.18. The summed E-state index contributed by atoms with van der Waals surface area (Å²) in [6.45, 7) is 3.56. The number of thiazole rings is 1. The molecule has 0 radical (unpaired) electrons. The lowest BCUT2D eigenvalue weighted by Crippen LogP contribution is -2.01. The largest absolute Gasteiger partial charge is 0.389 e. The normalized spacial score (nSPS) is 12.7. The first-order valence-electron chi connectivity index (χ1n) is 4.58. The SMILES string of the molecule is Cc1nc(-c2cscn2)ncc1[C@H](C)O. The topological polar surface area (TPSA) is 58.9 Å². The van der Waals surface area contributed by atoms with Crippen LogP contribution in [0.1, 0.15) is 24.3 Å². The predicted octanol–water partition coefficient (Wildman–Crippen LogP) is 1.96. The second-order valence-corrected chi connectivity index (χ2v) is 4.00. The number of hydrogen-bond acceptors (Lipinski definition) is 5. The number of hydrogen-bond donors (Lipinski definition) is 1. The van der Waals surface area contributed by atoms with Gasteiger partial charge in [0.2, 0.25) is 0 Å². The highest BCUT2D eigenvalue weighted by Crippen LogP contribution is 2.19. The molecule has 78 valence electrons. The van der Waals surface area contributed by atoms with Crippen LogP contribution in [-0.2, 0) is 0 Å². The molecule has 2 aromatic heterocycles. The van der Waals surface area contributed by atoms with Gasteiger partial charge in [0.25, 0.3) is 0 Å². The van der Waals surface area contributed by atoms with Gasteiger partial charge in [0.05, 0.1) is 11.6 Å². The molecule has 2 aromatic rings. The standard InChI is InChI=1S/C10H11N3OS/c1-6-8(7(2)14)3-11-10(13-6)9-4-15-5-12-9/h3-5,7,14H,1-2H3/t7-/m0/s1. The van der Waals surface area contributed by atoms with Crippen molar-refractivity contribution in [1.29, 1.82) is 0 Å². The number of rotatable bonds is 2. The van der Waals surface area contributed by atoms with Crippen LogP contribution in [0.5, 0.6) is 0 Å². The van der Waals surface area contributed by atoms with Gasteiger partial charge in [0, 0.05) is 22.8 Å². The minimum atomic E-state index is -0.533. The third kappa shape index (κ3) is 2.03. The molecular formula is C10H11N3OS. The van der Waals surface area contributed by atoms with Gasteiger partial charge >= 0.3 is 0 Å². The molecule has 0 fully saturated rings. The smallest absolute Gasteiger partial charge is 0.179 e. The summed E-state index contributed by atoms with van der Waals surface area (Å²) in [7, 11) is 0. The summed E-state index contributed by atoms with van der Waals surface area (Å²) in [4.78, 5) is 12.6. The summed E-state index contributed by atoms with van der Waals surface area (Å²) >= 11 is 1.51. The molecule has 0 aliphatic carbocycles. The first-order valence-corrected chi connectivity index (χ1v) is 5.53. The Morgan fingerprint density at radius 2 is 2.20 bits per heavy atom. The Labute approximate surface area is 91.7 Å². The van der Waals surface area contributed by atoms with E-state index in [-0.39, 0.29) is 0 Å². The fraction of sp³-hybridized carbons (Fsp3) is 0.300. The summed E-state index contributed by atoms with van der Waals surface area (Å²) in [5.41, 5.74) is 4.08. The molecule has 0 aliphatic rings. The van der Waals surface area contributed by atoms with E-state index in [1.54, 1.807) is 18.6 Å². The monoisotopic (exact) mass is 221 g/mol. The van der Waals surface area contributed by atoms with Gasteiger partial charge in [-0.05, 0) is 13.8 Å². The van der Waals surface area contributed by atoms with Crippen molar-refractivity contribution >= 4 is 11.3 Å². The van der Waals surface area contributed by atoms with Crippen molar-refractivity contribution in [1.82, 2.24) is 15.0 Å². The Kier molecular flexibility index (Phi) is 2.75. The molecule has 0 saturated carbocycles. The third-order valence-electron chi connectivity index (χ3n) is 2.13. The van der Waals surface area contributed by atoms with Gasteiger partial charge in [0.1, 0.15) is 5.69 Å². The highest BCUT2D eigenvalue weighted by molar-refractivity contribution is 7.07. The van der Waals surface area contributed by atoms with Crippen molar-refractivity contribution in [3.63, 3.8) is 0 Å². The minimum Gasteiger partial charge on any atom is -0.389 e. The Balaban J connectivity index is 2.42. The van der Waals surface area contributed by atoms with Crippen molar-refractivity contribution in [3.8, 4) is 11.5 Å². The average Bonchev–Trinajstić information content (AvgIpc) is 2.69. The lowest BCUT2D eigenvalue weighted by Gasteiger charge is -2.07. The van der Waals surface area contributed by atoms with Crippen LogP contribution in [-0.4, -0.2) is 20.1 Å². The van der Waals surface area contributed by atoms with E-state index >= 15 is 0 Å². The van der Waals surface area contributed by atoms with Crippen molar-refractivity contribution in [2.24, 2.45) is 0 Å². The average molecular weight is 221 g/mol. The Morgan fingerprint density at radius 3 is 2.73 bits per heavy atom. The lowest BCUT2D eigenvalue weighted by molar-refractivity contribution is 0.197. The molecule has 4 nitrogen and oxygen atoms in total. The second kappa shape index (κ2) is 4.04. The summed E-state index contributed by atoms with van der Waals surface area (Å²) in [6.07, 6.45) is 1.12. The highest BCUT2D eigenvalue weighted by atomic mass is 32.1. The zero-order valence-electron chi connectivity index (χ0n) is 8.51. The molecule has 15 heavy (non-hydrogen) atoms. The van der Waals surface area contributed by atoms with E-state index in [1.807, 2.05) is 12.3 Å². The van der Waals surface area contributed by atoms with E-state index in [2.05, 4.69) is 15.0 Å². The van der Waals surface area contributed by atoms with Crippen molar-refractivity contribution in [2.45, 2.75) is 20.0 Å². The van der Waals surface area contributed by atoms with Crippen LogP contribution in [0.4, 0.5) is 0 Å². The quantitative estimate of drug-likeness (QED) is 0.842. The molecule has 2 rings (SSSR count). The van der Waals surface area contributed by atoms with Crippen LogP contribution in [0, 0.1) is 6.92 Å². The molecule has 0 bridgehead atoms. The van der Waals surface area contributed by atoms with Crippen LogP contribution >= 0.6 is 11.3 Å². The van der Waals surface area contributed by atoms with Crippen LogP contribution < -0.4 is 0 Å². The third-order valence-corrected chi connectivity index (χ3v) is 2.72. The van der Waals surface area contributed by atoms with E-state index in [9.17, 15) is 5.11 Å². The number of aromatic nitrogens is 3. The Morgan fingerprint density at radius 1 is 1.40 bits per heavy atom. The van der Waals surface area contributed by atoms with Crippen molar-refractivity contribution in [3.05, 3.63) is 28.3 Å². The van der Waals surface area contributed by atoms with E-state index in [1.165, 1.54) is 11.3 Å². The van der Waals surface area contributed by atoms with Gasteiger partial charge < -0.3 is 5.11 Å². The van der Waals surface area contributed by atoms with Crippen LogP contribution in [0.2, 0.25) is 0 Å². The molecule has 0 aromatic carbocycles. The molecule has 1 N–H and O–H groups in total. The van der Waals surface area contributed by atoms with Crippen LogP contribution in [0.3, 0.4) is 0 Å². The maximum Gasteiger partial charge on any atom is 0.179 e. The molecule has 2 heterocycles. The Hall–Kier alpha value is -1.33. The van der Waals surface area contributed by atoms with E-state index in [0.717, 1.165) is 17.0 Å². The van der Waals surface area contributed by atoms with Gasteiger partial charge in [-0.2, -0.15) is 0 Å². The first kappa shape index (κ1) is 10.2. The Bertz CT molecular complexity index is 454. The molecule has 0 spiro atoms. The number of aliphatic hydroxyl groups excluding tert-OH is 1. The highest BCUT2D eigenvalue weighted by Gasteiger charge is 2.09. The van der Waals surface area contributed by atoms with E-state index in [0.29, 0.717) is 5.82 Å². The van der Waals surface area contributed by atoms with Gasteiger partial charge in [-0.1, -0.05) is 0 Å². The zero-order chi connectivity index (χ0) is 10.8. The van der Waals surface area contributed by atoms with Gasteiger partial charge in [-0.3, -0.25) is 0 Å². The van der Waals surface area contributed by atoms with Crippen LogP contribution in [0.15, 0.2) is 17.1 Å². The molecular weight excluding hydrogens is 210 g/mol. The summed E-state index contributed by atoms with van der Waals surface area (Å²) in [6, 6.07) is 0. The van der Waals surface area contributed by atoms with Crippen molar-refractivity contribution in [2.75, 3.05) is 0 Å². The lowest BCUT2D eigenvalue weighted by atomic mass is 10.1. The number of nitrogens with zero attached hydrogens (tertiary/aromatic N) is 3. The fourth-order valence-corrected chi connectivity index (χ4v) is 1.86. The summed E-state index contributed by atoms with van der Waals surface area (Å²) in [5.74, 6) is 0.609. The maximum absolute atomic E-state index is 9.43. The maximum atomic E-state index is 9.43. The number of aryl methyl sites for hydroxylation is 1. The van der Waals surface area contributed by atoms with E-state index in [4.69, 9.17) is 0 Å². The molecule has 0 amide bonds. The van der Waals surface area contributed by atoms with Gasteiger partial charge in [-0.25, -0.2) is 15.0 Å². The zero-order valence-corrected chi connectivity index (χ0v) is 9.32. The number of aliphatic hydroxyl groups is 1. The van der Waals surface area contributed by atoms with Crippen LogP contribution in [0.25, 0.3) is 11.5 Å². The van der Waals surface area contributed by atoms with Gasteiger partial charge in [0.15, 0.2) is 5.82 Å². The predicted molar refractivity (Wildman–Crippen MR) is 58.5 cm³/mol. The van der Waals surface area contributed by atoms with Crippen molar-refractivity contribution < 1.29 is 5.11 Å². The van der Waals surface area contributed by atoms with E-state index < -0.39 is 6.10 Å². The molecule has 0 aliphatic heterocycles. The molecule has 0 unspecified atom stereocenters. The van der Waals surface area contributed by atoms with Gasteiger partial charge in [-0.15, -0.1) is 11.3 Å². The summed E-state index contributed by atoms with van der Waals surface area (Å²) < 4.78 is 0. The molecule has 5 heteroatoms. The fourth-order valence-electron chi connectivity index (χ4n) is 1.33.